The van der Waals surface area contributed by atoms with Crippen molar-refractivity contribution in [3.8, 4) is 10.6 Å². The first kappa shape index (κ1) is 11.0. The van der Waals surface area contributed by atoms with E-state index in [4.69, 9.17) is 5.84 Å². The molecule has 0 saturated heterocycles. The second-order valence-corrected chi connectivity index (χ2v) is 4.54. The Morgan fingerprint density at radius 1 is 1.38 bits per heavy atom. The van der Waals surface area contributed by atoms with Crippen LogP contribution in [0.15, 0.2) is 18.2 Å². The fraction of sp³-hybridized carbons (Fsp3) is 0.182. The Morgan fingerprint density at radius 2 is 2.12 bits per heavy atom. The molecule has 16 heavy (non-hydrogen) atoms. The Morgan fingerprint density at radius 3 is 2.69 bits per heavy atom. The number of hydrazine groups is 1. The summed E-state index contributed by atoms with van der Waals surface area (Å²) in [5.74, 6) is 5.16. The Labute approximate surface area is 97.1 Å². The number of nitrogens with two attached hydrogens (primary N) is 1. The number of hydrogen-bond donors (Lipinski definition) is 2. The van der Waals surface area contributed by atoms with Crippen LogP contribution in [0.2, 0.25) is 0 Å². The largest absolute Gasteiger partial charge is 0.314 e. The fourth-order valence-electron chi connectivity index (χ4n) is 1.43. The molecule has 0 bridgehead atoms. The molecule has 84 valence electrons. The van der Waals surface area contributed by atoms with Gasteiger partial charge in [0.05, 0.1) is 5.69 Å². The zero-order valence-electron chi connectivity index (χ0n) is 9.04. The van der Waals surface area contributed by atoms with Crippen molar-refractivity contribution in [1.82, 2.24) is 4.98 Å². The molecule has 5 heteroatoms. The number of aryl methyl sites for hydroxylation is 2. The molecule has 1 aromatic carbocycles. The molecule has 1 heterocycles. The Bertz CT molecular complexity index is 522. The SMILES string of the molecule is Cc1cc(-c2nc(C)c(NN)s2)ccc1F. The molecule has 0 spiro atoms. The molecule has 0 radical (unpaired) electrons. The maximum atomic E-state index is 13.1. The molecular formula is C11H12FN3S. The highest BCUT2D eigenvalue weighted by Crippen LogP contribution is 2.31. The molecule has 2 aromatic rings. The van der Waals surface area contributed by atoms with Crippen LogP contribution in [0, 0.1) is 19.7 Å². The average Bonchev–Trinajstić information content (AvgIpc) is 2.64. The lowest BCUT2D eigenvalue weighted by Gasteiger charge is -1.99. The summed E-state index contributed by atoms with van der Waals surface area (Å²) in [6.45, 7) is 3.62. The monoisotopic (exact) mass is 237 g/mol. The number of aromatic nitrogens is 1. The molecule has 0 aliphatic rings. The second kappa shape index (κ2) is 4.19. The van der Waals surface area contributed by atoms with Gasteiger partial charge >= 0.3 is 0 Å². The lowest BCUT2D eigenvalue weighted by atomic mass is 10.1. The Balaban J connectivity index is 2.46. The van der Waals surface area contributed by atoms with Crippen LogP contribution >= 0.6 is 11.3 Å². The van der Waals surface area contributed by atoms with Crippen LogP contribution in [0.25, 0.3) is 10.6 Å². The van der Waals surface area contributed by atoms with Crippen LogP contribution in [0.5, 0.6) is 0 Å². The summed E-state index contributed by atoms with van der Waals surface area (Å²) >= 11 is 1.46. The normalized spacial score (nSPS) is 10.5. The molecule has 0 fully saturated rings. The number of rotatable bonds is 2. The van der Waals surface area contributed by atoms with Crippen molar-refractivity contribution in [2.45, 2.75) is 13.8 Å². The molecule has 0 unspecified atom stereocenters. The summed E-state index contributed by atoms with van der Waals surface area (Å²) in [6.07, 6.45) is 0. The Kier molecular flexibility index (Phi) is 2.89. The third kappa shape index (κ3) is 1.91. The van der Waals surface area contributed by atoms with E-state index >= 15 is 0 Å². The van der Waals surface area contributed by atoms with Crippen LogP contribution in [-0.4, -0.2) is 4.98 Å². The van der Waals surface area contributed by atoms with E-state index in [1.54, 1.807) is 19.1 Å². The van der Waals surface area contributed by atoms with Crippen molar-refractivity contribution in [1.29, 1.82) is 0 Å². The van der Waals surface area contributed by atoms with E-state index in [-0.39, 0.29) is 5.82 Å². The lowest BCUT2D eigenvalue weighted by molar-refractivity contribution is 0.619. The predicted molar refractivity (Wildman–Crippen MR) is 64.8 cm³/mol. The molecule has 3 N–H and O–H groups in total. The van der Waals surface area contributed by atoms with Gasteiger partial charge in [-0.3, -0.25) is 0 Å². The van der Waals surface area contributed by atoms with Gasteiger partial charge in [-0.25, -0.2) is 15.2 Å². The van der Waals surface area contributed by atoms with Crippen molar-refractivity contribution in [2.75, 3.05) is 5.43 Å². The third-order valence-corrected chi connectivity index (χ3v) is 3.47. The van der Waals surface area contributed by atoms with Gasteiger partial charge in [-0.2, -0.15) is 0 Å². The molecule has 1 aromatic heterocycles. The van der Waals surface area contributed by atoms with Gasteiger partial charge in [-0.1, -0.05) is 11.3 Å². The zero-order chi connectivity index (χ0) is 11.7. The maximum absolute atomic E-state index is 13.1. The molecule has 0 aliphatic carbocycles. The first-order valence-electron chi connectivity index (χ1n) is 4.82. The standard InChI is InChI=1S/C11H12FN3S/c1-6-5-8(3-4-9(6)12)11-14-7(2)10(15-13)16-11/h3-5,15H,13H2,1-2H3. The van der Waals surface area contributed by atoms with Gasteiger partial charge in [0.1, 0.15) is 15.8 Å². The number of benzene rings is 1. The summed E-state index contributed by atoms with van der Waals surface area (Å²) < 4.78 is 13.1. The minimum absolute atomic E-state index is 0.200. The van der Waals surface area contributed by atoms with Gasteiger partial charge in [0.25, 0.3) is 0 Å². The zero-order valence-corrected chi connectivity index (χ0v) is 9.86. The number of nitrogens with zero attached hydrogens (tertiary/aromatic N) is 1. The van der Waals surface area contributed by atoms with E-state index in [1.165, 1.54) is 17.4 Å². The molecule has 2 rings (SSSR count). The topological polar surface area (TPSA) is 50.9 Å². The van der Waals surface area contributed by atoms with E-state index in [0.717, 1.165) is 21.3 Å². The van der Waals surface area contributed by atoms with Crippen molar-refractivity contribution in [3.05, 3.63) is 35.3 Å². The van der Waals surface area contributed by atoms with Crippen LogP contribution in [0.1, 0.15) is 11.3 Å². The van der Waals surface area contributed by atoms with Gasteiger partial charge in [0, 0.05) is 5.56 Å². The van der Waals surface area contributed by atoms with Crippen LogP contribution in [0.3, 0.4) is 0 Å². The number of thiazole rings is 1. The predicted octanol–water partition coefficient (Wildman–Crippen LogP) is 2.85. The van der Waals surface area contributed by atoms with Gasteiger partial charge in [-0.15, -0.1) is 0 Å². The van der Waals surface area contributed by atoms with Crippen molar-refractivity contribution < 1.29 is 4.39 Å². The quantitative estimate of drug-likeness (QED) is 0.623. The average molecular weight is 237 g/mol. The van der Waals surface area contributed by atoms with Gasteiger partial charge in [0.15, 0.2) is 0 Å². The fourth-order valence-corrected chi connectivity index (χ4v) is 2.30. The minimum atomic E-state index is -0.200. The second-order valence-electron chi connectivity index (χ2n) is 3.54. The number of nitrogen functional groups attached to an aromatic ring is 1. The number of nitrogens with one attached hydrogen (secondary N) is 1. The summed E-state index contributed by atoms with van der Waals surface area (Å²) in [7, 11) is 0. The van der Waals surface area contributed by atoms with E-state index in [0.29, 0.717) is 5.56 Å². The molecule has 0 saturated carbocycles. The van der Waals surface area contributed by atoms with Crippen molar-refractivity contribution >= 4 is 16.3 Å². The van der Waals surface area contributed by atoms with E-state index in [1.807, 2.05) is 6.92 Å². The van der Waals surface area contributed by atoms with Crippen LogP contribution < -0.4 is 11.3 Å². The molecule has 0 aliphatic heterocycles. The maximum Gasteiger partial charge on any atom is 0.126 e. The lowest BCUT2D eigenvalue weighted by Crippen LogP contribution is -2.05. The van der Waals surface area contributed by atoms with Gasteiger partial charge < -0.3 is 5.43 Å². The van der Waals surface area contributed by atoms with Crippen LogP contribution in [0.4, 0.5) is 9.39 Å². The van der Waals surface area contributed by atoms with Gasteiger partial charge in [-0.05, 0) is 37.6 Å². The van der Waals surface area contributed by atoms with Gasteiger partial charge in [0.2, 0.25) is 0 Å². The highest BCUT2D eigenvalue weighted by molar-refractivity contribution is 7.19. The van der Waals surface area contributed by atoms with E-state index in [9.17, 15) is 4.39 Å². The molecule has 0 amide bonds. The number of halogens is 1. The van der Waals surface area contributed by atoms with E-state index < -0.39 is 0 Å². The van der Waals surface area contributed by atoms with Crippen molar-refractivity contribution in [2.24, 2.45) is 5.84 Å². The summed E-state index contributed by atoms with van der Waals surface area (Å²) in [5, 5.41) is 1.67. The molecule has 3 nitrogen and oxygen atoms in total. The third-order valence-electron chi connectivity index (χ3n) is 2.33. The van der Waals surface area contributed by atoms with E-state index in [2.05, 4.69) is 10.4 Å². The first-order valence-corrected chi connectivity index (χ1v) is 5.64. The summed E-state index contributed by atoms with van der Waals surface area (Å²) in [5.41, 5.74) is 4.97. The summed E-state index contributed by atoms with van der Waals surface area (Å²) in [6, 6.07) is 4.96. The summed E-state index contributed by atoms with van der Waals surface area (Å²) in [4.78, 5) is 4.38. The Hall–Kier alpha value is -1.46. The van der Waals surface area contributed by atoms with Crippen LogP contribution in [-0.2, 0) is 0 Å². The highest BCUT2D eigenvalue weighted by atomic mass is 32.1. The molecular weight excluding hydrogens is 225 g/mol. The number of anilines is 1. The van der Waals surface area contributed by atoms with Crippen molar-refractivity contribution in [3.63, 3.8) is 0 Å². The minimum Gasteiger partial charge on any atom is -0.314 e. The molecule has 0 atom stereocenters. The smallest absolute Gasteiger partial charge is 0.126 e. The number of hydrogen-bond acceptors (Lipinski definition) is 4. The highest BCUT2D eigenvalue weighted by Gasteiger charge is 2.09. The first-order chi connectivity index (χ1) is 7.61.